The first kappa shape index (κ1) is 12.3. The maximum atomic E-state index is 11.0. The summed E-state index contributed by atoms with van der Waals surface area (Å²) in [5.41, 5.74) is 3.21. The number of hydrogen-bond donors (Lipinski definition) is 1. The summed E-state index contributed by atoms with van der Waals surface area (Å²) < 4.78 is 1.73. The SMILES string of the molecule is Cc1ccccc1Cc1nnc2ccc(C(=O)O)cn12. The van der Waals surface area contributed by atoms with Crippen LogP contribution in [0.2, 0.25) is 0 Å². The number of carbonyl (C=O) groups is 1. The minimum atomic E-state index is -0.956. The van der Waals surface area contributed by atoms with E-state index < -0.39 is 5.97 Å². The van der Waals surface area contributed by atoms with E-state index >= 15 is 0 Å². The van der Waals surface area contributed by atoms with Crippen molar-refractivity contribution in [3.8, 4) is 0 Å². The normalized spacial score (nSPS) is 10.8. The minimum Gasteiger partial charge on any atom is -0.478 e. The topological polar surface area (TPSA) is 67.5 Å². The average Bonchev–Trinajstić information content (AvgIpc) is 2.84. The standard InChI is InChI=1S/C15H13N3O2/c1-10-4-2-3-5-11(10)8-14-17-16-13-7-6-12(15(19)20)9-18(13)14/h2-7,9H,8H2,1H3,(H,19,20). The predicted octanol–water partition coefficient (Wildman–Crippen LogP) is 2.33. The molecule has 0 amide bonds. The highest BCUT2D eigenvalue weighted by Gasteiger charge is 2.10. The summed E-state index contributed by atoms with van der Waals surface area (Å²) in [6.07, 6.45) is 2.18. The third-order valence-corrected chi connectivity index (χ3v) is 3.33. The molecule has 0 aliphatic heterocycles. The van der Waals surface area contributed by atoms with Crippen LogP contribution in [0.25, 0.3) is 5.65 Å². The van der Waals surface area contributed by atoms with Gasteiger partial charge in [-0.1, -0.05) is 24.3 Å². The molecule has 3 aromatic rings. The van der Waals surface area contributed by atoms with E-state index in [-0.39, 0.29) is 5.56 Å². The van der Waals surface area contributed by atoms with Gasteiger partial charge in [0, 0.05) is 12.6 Å². The third kappa shape index (κ3) is 2.14. The number of pyridine rings is 1. The maximum absolute atomic E-state index is 11.0. The Morgan fingerprint density at radius 2 is 2.00 bits per heavy atom. The third-order valence-electron chi connectivity index (χ3n) is 3.33. The van der Waals surface area contributed by atoms with Gasteiger partial charge in [-0.15, -0.1) is 10.2 Å². The summed E-state index contributed by atoms with van der Waals surface area (Å²) >= 11 is 0. The first-order chi connectivity index (χ1) is 9.65. The number of aryl methyl sites for hydroxylation is 1. The van der Waals surface area contributed by atoms with Crippen LogP contribution in [0.4, 0.5) is 0 Å². The van der Waals surface area contributed by atoms with Gasteiger partial charge in [-0.3, -0.25) is 4.40 Å². The second-order valence-corrected chi connectivity index (χ2v) is 4.67. The van der Waals surface area contributed by atoms with Crippen molar-refractivity contribution >= 4 is 11.6 Å². The van der Waals surface area contributed by atoms with Gasteiger partial charge in [0.2, 0.25) is 0 Å². The lowest BCUT2D eigenvalue weighted by atomic mass is 10.1. The number of aromatic carboxylic acids is 1. The highest BCUT2D eigenvalue weighted by atomic mass is 16.4. The molecular weight excluding hydrogens is 254 g/mol. The summed E-state index contributed by atoms with van der Waals surface area (Å²) in [5, 5.41) is 17.3. The van der Waals surface area contributed by atoms with Crippen LogP contribution in [0.3, 0.4) is 0 Å². The van der Waals surface area contributed by atoms with Gasteiger partial charge in [0.1, 0.15) is 5.82 Å². The van der Waals surface area contributed by atoms with Gasteiger partial charge in [0.25, 0.3) is 0 Å². The van der Waals surface area contributed by atoms with Crippen LogP contribution in [0.1, 0.15) is 27.3 Å². The van der Waals surface area contributed by atoms with Crippen molar-refractivity contribution in [3.05, 3.63) is 65.1 Å². The Morgan fingerprint density at radius 3 is 2.75 bits per heavy atom. The fourth-order valence-corrected chi connectivity index (χ4v) is 2.16. The predicted molar refractivity (Wildman–Crippen MR) is 73.9 cm³/mol. The molecule has 0 saturated heterocycles. The molecule has 0 aliphatic rings. The number of carboxylic acids is 1. The van der Waals surface area contributed by atoms with Crippen molar-refractivity contribution in [3.63, 3.8) is 0 Å². The highest BCUT2D eigenvalue weighted by molar-refractivity contribution is 5.87. The number of rotatable bonds is 3. The lowest BCUT2D eigenvalue weighted by Crippen LogP contribution is -2.02. The Balaban J connectivity index is 2.06. The number of fused-ring (bicyclic) bond motifs is 1. The second-order valence-electron chi connectivity index (χ2n) is 4.67. The molecule has 20 heavy (non-hydrogen) atoms. The molecule has 5 nitrogen and oxygen atoms in total. The highest BCUT2D eigenvalue weighted by Crippen LogP contribution is 2.14. The molecule has 3 rings (SSSR count). The molecule has 0 radical (unpaired) electrons. The monoisotopic (exact) mass is 267 g/mol. The Labute approximate surface area is 115 Å². The molecule has 0 fully saturated rings. The quantitative estimate of drug-likeness (QED) is 0.790. The number of nitrogens with zero attached hydrogens (tertiary/aromatic N) is 3. The Kier molecular flexibility index (Phi) is 2.95. The average molecular weight is 267 g/mol. The molecule has 100 valence electrons. The summed E-state index contributed by atoms with van der Waals surface area (Å²) in [7, 11) is 0. The largest absolute Gasteiger partial charge is 0.478 e. The van der Waals surface area contributed by atoms with Crippen molar-refractivity contribution in [2.24, 2.45) is 0 Å². The van der Waals surface area contributed by atoms with Crippen molar-refractivity contribution in [2.45, 2.75) is 13.3 Å². The van der Waals surface area contributed by atoms with Crippen molar-refractivity contribution < 1.29 is 9.90 Å². The summed E-state index contributed by atoms with van der Waals surface area (Å²) in [4.78, 5) is 11.0. The zero-order valence-electron chi connectivity index (χ0n) is 10.9. The molecule has 5 heteroatoms. The Bertz CT molecular complexity index is 793. The van der Waals surface area contributed by atoms with Gasteiger partial charge < -0.3 is 5.11 Å². The lowest BCUT2D eigenvalue weighted by Gasteiger charge is -2.04. The maximum Gasteiger partial charge on any atom is 0.337 e. The van der Waals surface area contributed by atoms with Gasteiger partial charge in [-0.05, 0) is 30.2 Å². The van der Waals surface area contributed by atoms with Crippen LogP contribution in [0.15, 0.2) is 42.6 Å². The van der Waals surface area contributed by atoms with Gasteiger partial charge >= 0.3 is 5.97 Å². The Hall–Kier alpha value is -2.69. The van der Waals surface area contributed by atoms with Crippen LogP contribution in [-0.2, 0) is 6.42 Å². The molecule has 0 bridgehead atoms. The molecule has 0 atom stereocenters. The number of aromatic nitrogens is 3. The number of hydrogen-bond acceptors (Lipinski definition) is 3. The molecule has 0 unspecified atom stereocenters. The van der Waals surface area contributed by atoms with Crippen LogP contribution >= 0.6 is 0 Å². The van der Waals surface area contributed by atoms with E-state index in [1.54, 1.807) is 16.7 Å². The summed E-state index contributed by atoms with van der Waals surface area (Å²) in [6, 6.07) is 11.2. The fourth-order valence-electron chi connectivity index (χ4n) is 2.16. The fraction of sp³-hybridized carbons (Fsp3) is 0.133. The van der Waals surface area contributed by atoms with E-state index in [4.69, 9.17) is 5.11 Å². The van der Waals surface area contributed by atoms with E-state index in [9.17, 15) is 4.79 Å². The minimum absolute atomic E-state index is 0.225. The molecule has 2 aromatic heterocycles. The van der Waals surface area contributed by atoms with Gasteiger partial charge in [0.05, 0.1) is 5.56 Å². The van der Waals surface area contributed by atoms with E-state index in [1.165, 1.54) is 11.6 Å². The molecular formula is C15H13N3O2. The second kappa shape index (κ2) is 4.77. The molecule has 0 spiro atoms. The van der Waals surface area contributed by atoms with Gasteiger partial charge in [0.15, 0.2) is 5.65 Å². The summed E-state index contributed by atoms with van der Waals surface area (Å²) in [6.45, 7) is 2.04. The van der Waals surface area contributed by atoms with Crippen LogP contribution in [0.5, 0.6) is 0 Å². The smallest absolute Gasteiger partial charge is 0.337 e. The lowest BCUT2D eigenvalue weighted by molar-refractivity contribution is 0.0696. The molecule has 2 heterocycles. The molecule has 1 N–H and O–H groups in total. The number of carboxylic acid groups (broad SMARTS) is 1. The van der Waals surface area contributed by atoms with Crippen LogP contribution in [-0.4, -0.2) is 25.7 Å². The van der Waals surface area contributed by atoms with Gasteiger partial charge in [-0.2, -0.15) is 0 Å². The van der Waals surface area contributed by atoms with Gasteiger partial charge in [-0.25, -0.2) is 4.79 Å². The van der Waals surface area contributed by atoms with Crippen molar-refractivity contribution in [1.82, 2.24) is 14.6 Å². The number of benzene rings is 1. The van der Waals surface area contributed by atoms with E-state index in [0.717, 1.165) is 11.4 Å². The van der Waals surface area contributed by atoms with Crippen molar-refractivity contribution in [1.29, 1.82) is 0 Å². The zero-order valence-corrected chi connectivity index (χ0v) is 10.9. The summed E-state index contributed by atoms with van der Waals surface area (Å²) in [5.74, 6) is -0.222. The van der Waals surface area contributed by atoms with Crippen molar-refractivity contribution in [2.75, 3.05) is 0 Å². The molecule has 1 aromatic carbocycles. The first-order valence-corrected chi connectivity index (χ1v) is 6.26. The molecule has 0 aliphatic carbocycles. The van der Waals surface area contributed by atoms with E-state index in [2.05, 4.69) is 10.2 Å². The van der Waals surface area contributed by atoms with E-state index in [1.807, 2.05) is 31.2 Å². The Morgan fingerprint density at radius 1 is 1.20 bits per heavy atom. The first-order valence-electron chi connectivity index (χ1n) is 6.26. The van der Waals surface area contributed by atoms with Crippen LogP contribution in [0, 0.1) is 6.92 Å². The molecule has 0 saturated carbocycles. The van der Waals surface area contributed by atoms with E-state index in [0.29, 0.717) is 12.1 Å². The van der Waals surface area contributed by atoms with Crippen LogP contribution < -0.4 is 0 Å². The zero-order chi connectivity index (χ0) is 14.1.